The molecule has 0 bridgehead atoms. The van der Waals surface area contributed by atoms with Gasteiger partial charge in [0.05, 0.1) is 37.8 Å². The molecule has 25 heavy (non-hydrogen) atoms. The van der Waals surface area contributed by atoms with Gasteiger partial charge in [-0.3, -0.25) is 0 Å². The Morgan fingerprint density at radius 3 is 1.80 bits per heavy atom. The lowest BCUT2D eigenvalue weighted by Gasteiger charge is -2.13. The van der Waals surface area contributed by atoms with Crippen LogP contribution in [-0.2, 0) is 4.74 Å². The predicted octanol–water partition coefficient (Wildman–Crippen LogP) is 6.91. The molecule has 0 heterocycles. The second-order valence-electron chi connectivity index (χ2n) is 5.57. The first-order valence-corrected chi connectivity index (χ1v) is 9.60. The summed E-state index contributed by atoms with van der Waals surface area (Å²) in [4.78, 5) is 23.7. The second-order valence-corrected chi connectivity index (χ2v) is 7.08. The summed E-state index contributed by atoms with van der Waals surface area (Å²) < 4.78 is 5.13. The highest BCUT2D eigenvalue weighted by molar-refractivity contribution is 6.54. The van der Waals surface area contributed by atoms with E-state index in [1.54, 1.807) is 0 Å². The van der Waals surface area contributed by atoms with Crippen molar-refractivity contribution < 1.29 is 19.4 Å². The fourth-order valence-corrected chi connectivity index (χ4v) is 3.33. The van der Waals surface area contributed by atoms with Gasteiger partial charge in [0.1, 0.15) is 0 Å². The SMILES string of the molecule is CCCCCCCCCOC(=O)c1c(Cl)c(Cl)c(Cl)c(Cl)c1C(=O)O. The molecular weight excluding hydrogens is 410 g/mol. The first kappa shape index (κ1) is 22.4. The maximum atomic E-state index is 12.3. The summed E-state index contributed by atoms with van der Waals surface area (Å²) in [7, 11) is 0. The first-order chi connectivity index (χ1) is 11.8. The number of ether oxygens (including phenoxy) is 1. The molecule has 0 aromatic heterocycles. The predicted molar refractivity (Wildman–Crippen MR) is 102 cm³/mol. The highest BCUT2D eigenvalue weighted by Gasteiger charge is 2.29. The molecule has 1 rings (SSSR count). The maximum Gasteiger partial charge on any atom is 0.340 e. The van der Waals surface area contributed by atoms with Crippen molar-refractivity contribution in [3.05, 3.63) is 31.2 Å². The Morgan fingerprint density at radius 2 is 1.28 bits per heavy atom. The molecule has 4 nitrogen and oxygen atoms in total. The van der Waals surface area contributed by atoms with Crippen LogP contribution >= 0.6 is 46.4 Å². The van der Waals surface area contributed by atoms with E-state index in [-0.39, 0.29) is 32.3 Å². The lowest BCUT2D eigenvalue weighted by atomic mass is 10.1. The van der Waals surface area contributed by atoms with E-state index >= 15 is 0 Å². The molecule has 1 aromatic rings. The second kappa shape index (κ2) is 11.1. The fourth-order valence-electron chi connectivity index (χ4n) is 2.32. The molecule has 140 valence electrons. The Morgan fingerprint density at radius 1 is 0.800 bits per heavy atom. The van der Waals surface area contributed by atoms with Crippen LogP contribution in [0.15, 0.2) is 0 Å². The maximum absolute atomic E-state index is 12.3. The largest absolute Gasteiger partial charge is 0.478 e. The van der Waals surface area contributed by atoms with Crippen molar-refractivity contribution in [1.82, 2.24) is 0 Å². The highest BCUT2D eigenvalue weighted by Crippen LogP contribution is 2.41. The van der Waals surface area contributed by atoms with Gasteiger partial charge >= 0.3 is 11.9 Å². The summed E-state index contributed by atoms with van der Waals surface area (Å²) in [5.74, 6) is -2.32. The molecule has 1 N–H and O–H groups in total. The number of aromatic carboxylic acids is 1. The molecule has 0 fully saturated rings. The lowest BCUT2D eigenvalue weighted by Crippen LogP contribution is -2.14. The molecule has 0 spiro atoms. The number of hydrogen-bond acceptors (Lipinski definition) is 3. The number of rotatable bonds is 10. The fraction of sp³-hybridized carbons (Fsp3) is 0.529. The van der Waals surface area contributed by atoms with Crippen LogP contribution < -0.4 is 0 Å². The molecule has 8 heteroatoms. The van der Waals surface area contributed by atoms with E-state index in [1.807, 2.05) is 0 Å². The van der Waals surface area contributed by atoms with E-state index < -0.39 is 17.5 Å². The Kier molecular flexibility index (Phi) is 9.95. The molecule has 0 saturated heterocycles. The molecular formula is C17H20Cl4O4. The molecule has 0 aliphatic carbocycles. The van der Waals surface area contributed by atoms with Gasteiger partial charge < -0.3 is 9.84 Å². The Balaban J connectivity index is 2.71. The molecule has 0 aliphatic rings. The van der Waals surface area contributed by atoms with Crippen molar-refractivity contribution in [2.24, 2.45) is 0 Å². The van der Waals surface area contributed by atoms with Gasteiger partial charge in [-0.05, 0) is 6.42 Å². The van der Waals surface area contributed by atoms with Crippen LogP contribution in [0, 0.1) is 0 Å². The topological polar surface area (TPSA) is 63.6 Å². The van der Waals surface area contributed by atoms with Crippen molar-refractivity contribution >= 4 is 58.3 Å². The van der Waals surface area contributed by atoms with E-state index in [1.165, 1.54) is 19.3 Å². The number of esters is 1. The van der Waals surface area contributed by atoms with Crippen molar-refractivity contribution in [2.75, 3.05) is 6.61 Å². The number of benzene rings is 1. The molecule has 1 aromatic carbocycles. The molecule has 0 radical (unpaired) electrons. The summed E-state index contributed by atoms with van der Waals surface area (Å²) in [6.07, 6.45) is 7.46. The van der Waals surface area contributed by atoms with Gasteiger partial charge in [0.15, 0.2) is 0 Å². The van der Waals surface area contributed by atoms with Crippen LogP contribution in [0.4, 0.5) is 0 Å². The number of carboxylic acid groups (broad SMARTS) is 1. The zero-order valence-corrected chi connectivity index (χ0v) is 16.9. The van der Waals surface area contributed by atoms with Crippen LogP contribution in [0.25, 0.3) is 0 Å². The number of carbonyl (C=O) groups excluding carboxylic acids is 1. The minimum atomic E-state index is -1.44. The minimum Gasteiger partial charge on any atom is -0.478 e. The molecule has 0 saturated carbocycles. The zero-order valence-electron chi connectivity index (χ0n) is 13.8. The average molecular weight is 430 g/mol. The minimum absolute atomic E-state index is 0.167. The highest BCUT2D eigenvalue weighted by atomic mass is 35.5. The Labute approximate surface area is 167 Å². The van der Waals surface area contributed by atoms with Crippen LogP contribution in [-0.4, -0.2) is 23.7 Å². The smallest absolute Gasteiger partial charge is 0.340 e. The molecule has 0 atom stereocenters. The summed E-state index contributed by atoms with van der Waals surface area (Å²) >= 11 is 23.6. The van der Waals surface area contributed by atoms with Crippen molar-refractivity contribution in [1.29, 1.82) is 0 Å². The summed E-state index contributed by atoms with van der Waals surface area (Å²) in [5.41, 5.74) is -0.887. The van der Waals surface area contributed by atoms with Gasteiger partial charge in [-0.15, -0.1) is 0 Å². The quantitative estimate of drug-likeness (QED) is 0.190. The monoisotopic (exact) mass is 428 g/mol. The van der Waals surface area contributed by atoms with E-state index in [0.29, 0.717) is 6.42 Å². The Hall–Kier alpha value is -0.680. The van der Waals surface area contributed by atoms with Crippen molar-refractivity contribution in [2.45, 2.75) is 51.9 Å². The number of carboxylic acids is 1. The van der Waals surface area contributed by atoms with E-state index in [9.17, 15) is 14.7 Å². The van der Waals surface area contributed by atoms with Crippen LogP contribution in [0.3, 0.4) is 0 Å². The van der Waals surface area contributed by atoms with Gasteiger partial charge in [-0.25, -0.2) is 9.59 Å². The third kappa shape index (κ3) is 6.21. The first-order valence-electron chi connectivity index (χ1n) is 8.09. The van der Waals surface area contributed by atoms with Crippen molar-refractivity contribution in [3.8, 4) is 0 Å². The van der Waals surface area contributed by atoms with Crippen LogP contribution in [0.2, 0.25) is 20.1 Å². The standard InChI is InChI=1S/C17H20Cl4O4/c1-2-3-4-5-6-7-8-9-25-17(24)11-10(16(22)23)12(18)14(20)15(21)13(11)19/h2-9H2,1H3,(H,22,23). The van der Waals surface area contributed by atoms with E-state index in [4.69, 9.17) is 51.1 Å². The summed E-state index contributed by atoms with van der Waals surface area (Å²) in [6.45, 7) is 2.32. The number of unbranched alkanes of at least 4 members (excludes halogenated alkanes) is 6. The van der Waals surface area contributed by atoms with Gasteiger partial charge in [-0.1, -0.05) is 91.9 Å². The molecule has 0 amide bonds. The number of halogens is 4. The van der Waals surface area contributed by atoms with Crippen LogP contribution in [0.1, 0.15) is 72.6 Å². The zero-order chi connectivity index (χ0) is 19.0. The van der Waals surface area contributed by atoms with Gasteiger partial charge in [0.2, 0.25) is 0 Å². The van der Waals surface area contributed by atoms with Gasteiger partial charge in [0.25, 0.3) is 0 Å². The summed E-state index contributed by atoms with van der Waals surface area (Å²) in [6, 6.07) is 0. The third-order valence-corrected chi connectivity index (χ3v) is 5.47. The van der Waals surface area contributed by atoms with Gasteiger partial charge in [-0.2, -0.15) is 0 Å². The Bertz CT molecular complexity index is 632. The lowest BCUT2D eigenvalue weighted by molar-refractivity contribution is 0.0487. The average Bonchev–Trinajstić information content (AvgIpc) is 2.57. The molecule has 0 aliphatic heterocycles. The van der Waals surface area contributed by atoms with Crippen molar-refractivity contribution in [3.63, 3.8) is 0 Å². The normalized spacial score (nSPS) is 10.8. The third-order valence-electron chi connectivity index (χ3n) is 3.67. The van der Waals surface area contributed by atoms with Crippen LogP contribution in [0.5, 0.6) is 0 Å². The number of carbonyl (C=O) groups is 2. The van der Waals surface area contributed by atoms with E-state index in [2.05, 4.69) is 6.92 Å². The number of hydrogen-bond donors (Lipinski definition) is 1. The summed E-state index contributed by atoms with van der Waals surface area (Å²) in [5, 5.41) is 8.28. The molecule has 0 unspecified atom stereocenters. The van der Waals surface area contributed by atoms with E-state index in [0.717, 1.165) is 19.3 Å². The van der Waals surface area contributed by atoms with Gasteiger partial charge in [0, 0.05) is 0 Å².